The first-order chi connectivity index (χ1) is 6.72. The van der Waals surface area contributed by atoms with Gasteiger partial charge in [0.2, 0.25) is 0 Å². The molecule has 74 valence electrons. The van der Waals surface area contributed by atoms with Crippen LogP contribution in [-0.2, 0) is 11.3 Å². The average molecular weight is 199 g/mol. The van der Waals surface area contributed by atoms with Crippen LogP contribution in [0.2, 0.25) is 0 Å². The van der Waals surface area contributed by atoms with Crippen molar-refractivity contribution in [1.29, 1.82) is 0 Å². The van der Waals surface area contributed by atoms with Crippen LogP contribution in [0.5, 0.6) is 0 Å². The van der Waals surface area contributed by atoms with Gasteiger partial charge in [0, 0.05) is 11.6 Å². The van der Waals surface area contributed by atoms with E-state index < -0.39 is 11.6 Å². The minimum atomic E-state index is -0.726. The van der Waals surface area contributed by atoms with Crippen molar-refractivity contribution in [2.45, 2.75) is 6.61 Å². The van der Waals surface area contributed by atoms with Crippen molar-refractivity contribution in [3.63, 3.8) is 0 Å². The predicted molar refractivity (Wildman–Crippen MR) is 44.3 cm³/mol. The molecule has 1 N–H and O–H groups in total. The average Bonchev–Trinajstić information content (AvgIpc) is 2.16. The molecule has 1 aromatic rings. The van der Waals surface area contributed by atoms with Crippen LogP contribution in [0.1, 0.15) is 11.1 Å². The zero-order valence-electron chi connectivity index (χ0n) is 7.13. The molecule has 0 bridgehead atoms. The van der Waals surface area contributed by atoms with Crippen molar-refractivity contribution < 1.29 is 18.7 Å². The molecule has 1 heterocycles. The monoisotopic (exact) mass is 199 g/mol. The lowest BCUT2D eigenvalue weighted by molar-refractivity contribution is 0.147. The maximum atomic E-state index is 13.3. The van der Waals surface area contributed by atoms with Crippen molar-refractivity contribution in [3.05, 3.63) is 34.9 Å². The molecule has 0 aliphatic carbocycles. The molecule has 0 aromatic heterocycles. The topological polar surface area (TPSA) is 41.8 Å². The second-order valence-electron chi connectivity index (χ2n) is 2.96. The summed E-state index contributed by atoms with van der Waals surface area (Å²) in [7, 11) is 0. The van der Waals surface area contributed by atoms with Crippen molar-refractivity contribution in [2.75, 3.05) is 6.61 Å². The third-order valence-electron chi connectivity index (χ3n) is 2.04. The molecule has 2 rings (SSSR count). The number of benzene rings is 1. The van der Waals surface area contributed by atoms with Crippen LogP contribution in [0, 0.1) is 11.6 Å². The number of hydrogen-bond acceptors (Lipinski definition) is 3. The van der Waals surface area contributed by atoms with Gasteiger partial charge in [-0.15, -0.1) is 0 Å². The summed E-state index contributed by atoms with van der Waals surface area (Å²) >= 11 is 0. The summed E-state index contributed by atoms with van der Waals surface area (Å²) < 4.78 is 31.1. The highest BCUT2D eigenvalue weighted by atomic mass is 19.1. The lowest BCUT2D eigenvalue weighted by Crippen LogP contribution is -2.21. The Labute approximate surface area is 78.6 Å². The minimum Gasteiger partial charge on any atom is -0.411 e. The molecule has 1 aliphatic heterocycles. The quantitative estimate of drug-likeness (QED) is 0.510. The molecule has 0 fully saturated rings. The first kappa shape index (κ1) is 9.08. The summed E-state index contributed by atoms with van der Waals surface area (Å²) in [6, 6.07) is 1.93. The summed E-state index contributed by atoms with van der Waals surface area (Å²) in [6.45, 7) is 0.162. The minimum absolute atomic E-state index is 0.0338. The molecule has 14 heavy (non-hydrogen) atoms. The zero-order chi connectivity index (χ0) is 10.1. The van der Waals surface area contributed by atoms with E-state index in [1.165, 1.54) is 6.07 Å². The second kappa shape index (κ2) is 3.34. The normalized spacial score (nSPS) is 18.3. The number of oxime groups is 1. The summed E-state index contributed by atoms with van der Waals surface area (Å²) in [6.07, 6.45) is 0. The van der Waals surface area contributed by atoms with Gasteiger partial charge < -0.3 is 9.94 Å². The summed E-state index contributed by atoms with van der Waals surface area (Å²) in [5.74, 6) is -1.39. The van der Waals surface area contributed by atoms with Gasteiger partial charge in [-0.3, -0.25) is 0 Å². The largest absolute Gasteiger partial charge is 0.411 e. The van der Waals surface area contributed by atoms with E-state index in [1.807, 2.05) is 0 Å². The molecule has 5 heteroatoms. The lowest BCUT2D eigenvalue weighted by Gasteiger charge is -2.17. The van der Waals surface area contributed by atoms with Gasteiger partial charge in [0.05, 0.1) is 13.2 Å². The third-order valence-corrected chi connectivity index (χ3v) is 2.04. The Bertz CT molecular complexity index is 404. The fraction of sp³-hybridized carbons (Fsp3) is 0.222. The van der Waals surface area contributed by atoms with E-state index in [9.17, 15) is 8.78 Å². The smallest absolute Gasteiger partial charge is 0.135 e. The Morgan fingerprint density at radius 1 is 1.29 bits per heavy atom. The first-order valence-electron chi connectivity index (χ1n) is 3.99. The highest BCUT2D eigenvalue weighted by Crippen LogP contribution is 2.21. The van der Waals surface area contributed by atoms with Crippen molar-refractivity contribution in [1.82, 2.24) is 0 Å². The maximum absolute atomic E-state index is 13.3. The van der Waals surface area contributed by atoms with E-state index in [-0.39, 0.29) is 24.5 Å². The highest BCUT2D eigenvalue weighted by molar-refractivity contribution is 6.03. The molecule has 1 aromatic carbocycles. The molecule has 3 nitrogen and oxygen atoms in total. The van der Waals surface area contributed by atoms with E-state index in [0.717, 1.165) is 6.07 Å². The summed E-state index contributed by atoms with van der Waals surface area (Å²) in [5, 5.41) is 11.5. The zero-order valence-corrected chi connectivity index (χ0v) is 7.13. The van der Waals surface area contributed by atoms with Gasteiger partial charge in [0.15, 0.2) is 0 Å². The van der Waals surface area contributed by atoms with E-state index in [2.05, 4.69) is 5.16 Å². The number of fused-ring (bicyclic) bond motifs is 1. The maximum Gasteiger partial charge on any atom is 0.135 e. The molecule has 0 saturated heterocycles. The second-order valence-corrected chi connectivity index (χ2v) is 2.96. The number of rotatable bonds is 0. The number of halogens is 2. The van der Waals surface area contributed by atoms with Crippen LogP contribution in [-0.4, -0.2) is 17.5 Å². The Kier molecular flexibility index (Phi) is 2.17. The molecule has 0 amide bonds. The lowest BCUT2D eigenvalue weighted by atomic mass is 10.0. The van der Waals surface area contributed by atoms with Crippen LogP contribution in [0.15, 0.2) is 17.3 Å². The standard InChI is InChI=1S/C9H7F2NO2/c10-6-1-5-3-14-4-8(12-13)9(5)7(11)2-6/h1-2,13H,3-4H2/b12-8+. The van der Waals surface area contributed by atoms with Gasteiger partial charge in [0.1, 0.15) is 17.3 Å². The van der Waals surface area contributed by atoms with Crippen LogP contribution in [0.3, 0.4) is 0 Å². The van der Waals surface area contributed by atoms with E-state index in [0.29, 0.717) is 5.56 Å². The molecule has 0 unspecified atom stereocenters. The predicted octanol–water partition coefficient (Wildman–Crippen LogP) is 1.67. The number of hydrogen-bond donors (Lipinski definition) is 1. The third kappa shape index (κ3) is 1.35. The fourth-order valence-corrected chi connectivity index (χ4v) is 1.47. The molecule has 0 spiro atoms. The Morgan fingerprint density at radius 3 is 2.79 bits per heavy atom. The number of ether oxygens (including phenoxy) is 1. The van der Waals surface area contributed by atoms with Crippen LogP contribution >= 0.6 is 0 Å². The van der Waals surface area contributed by atoms with Crippen LogP contribution < -0.4 is 0 Å². The van der Waals surface area contributed by atoms with Gasteiger partial charge >= 0.3 is 0 Å². The molecule has 1 aliphatic rings. The number of nitrogens with zero attached hydrogens (tertiary/aromatic N) is 1. The van der Waals surface area contributed by atoms with Gasteiger partial charge in [-0.05, 0) is 11.6 Å². The van der Waals surface area contributed by atoms with E-state index >= 15 is 0 Å². The van der Waals surface area contributed by atoms with E-state index in [1.54, 1.807) is 0 Å². The van der Waals surface area contributed by atoms with Crippen LogP contribution in [0.4, 0.5) is 8.78 Å². The van der Waals surface area contributed by atoms with Crippen molar-refractivity contribution >= 4 is 5.71 Å². The Morgan fingerprint density at radius 2 is 2.07 bits per heavy atom. The van der Waals surface area contributed by atoms with Gasteiger partial charge in [-0.25, -0.2) is 8.78 Å². The molecular weight excluding hydrogens is 192 g/mol. The Hall–Kier alpha value is -1.49. The van der Waals surface area contributed by atoms with Crippen molar-refractivity contribution in [3.8, 4) is 0 Å². The first-order valence-corrected chi connectivity index (χ1v) is 3.99. The van der Waals surface area contributed by atoms with Crippen molar-refractivity contribution in [2.24, 2.45) is 5.16 Å². The summed E-state index contributed by atoms with van der Waals surface area (Å²) in [4.78, 5) is 0. The molecule has 0 atom stereocenters. The van der Waals surface area contributed by atoms with Gasteiger partial charge in [-0.2, -0.15) is 0 Å². The molecule has 0 saturated carbocycles. The highest BCUT2D eigenvalue weighted by Gasteiger charge is 2.21. The SMILES string of the molecule is O/N=C1\COCc2cc(F)cc(F)c21. The molecular formula is C9H7F2NO2. The fourth-order valence-electron chi connectivity index (χ4n) is 1.47. The summed E-state index contributed by atoms with van der Waals surface area (Å²) in [5.41, 5.74) is 0.588. The van der Waals surface area contributed by atoms with Gasteiger partial charge in [-0.1, -0.05) is 5.16 Å². The molecule has 0 radical (unpaired) electrons. The van der Waals surface area contributed by atoms with Gasteiger partial charge in [0.25, 0.3) is 0 Å². The van der Waals surface area contributed by atoms with Crippen LogP contribution in [0.25, 0.3) is 0 Å². The van der Waals surface area contributed by atoms with E-state index in [4.69, 9.17) is 9.94 Å². The Balaban J connectivity index is 2.63.